The molecular weight excluding hydrogens is 170 g/mol. The standard InChI is InChI=1S/C13H23N/c1-2-6-12(5-1)9-13(11-14-10-12)7-3-4-8-13/h14H,1-11H2. The maximum atomic E-state index is 3.75. The molecule has 1 heterocycles. The quantitative estimate of drug-likeness (QED) is 0.623. The van der Waals surface area contributed by atoms with Gasteiger partial charge in [0, 0.05) is 13.1 Å². The minimum Gasteiger partial charge on any atom is -0.316 e. The first-order chi connectivity index (χ1) is 6.83. The van der Waals surface area contributed by atoms with Gasteiger partial charge in [-0.25, -0.2) is 0 Å². The molecule has 1 aliphatic heterocycles. The summed E-state index contributed by atoms with van der Waals surface area (Å²) in [6, 6.07) is 0. The van der Waals surface area contributed by atoms with Crippen LogP contribution in [0.1, 0.15) is 57.8 Å². The zero-order valence-corrected chi connectivity index (χ0v) is 9.28. The van der Waals surface area contributed by atoms with Crippen LogP contribution in [-0.4, -0.2) is 13.1 Å². The Hall–Kier alpha value is -0.0400. The fourth-order valence-electron chi connectivity index (χ4n) is 4.47. The molecule has 0 radical (unpaired) electrons. The molecule has 2 spiro atoms. The Bertz CT molecular complexity index is 187. The Morgan fingerprint density at radius 3 is 1.50 bits per heavy atom. The first kappa shape index (κ1) is 9.21. The molecule has 14 heavy (non-hydrogen) atoms. The van der Waals surface area contributed by atoms with Crippen LogP contribution in [0.4, 0.5) is 0 Å². The third-order valence-corrected chi connectivity index (χ3v) is 5.08. The van der Waals surface area contributed by atoms with Gasteiger partial charge in [-0.1, -0.05) is 25.7 Å². The number of hydrogen-bond acceptors (Lipinski definition) is 1. The third kappa shape index (κ3) is 1.41. The molecule has 2 saturated carbocycles. The largest absolute Gasteiger partial charge is 0.316 e. The lowest BCUT2D eigenvalue weighted by molar-refractivity contribution is 0.0844. The first-order valence-corrected chi connectivity index (χ1v) is 6.54. The van der Waals surface area contributed by atoms with Gasteiger partial charge < -0.3 is 5.32 Å². The van der Waals surface area contributed by atoms with Crippen molar-refractivity contribution in [2.24, 2.45) is 10.8 Å². The van der Waals surface area contributed by atoms with Crippen molar-refractivity contribution in [3.63, 3.8) is 0 Å². The zero-order chi connectivity index (χ0) is 9.49. The van der Waals surface area contributed by atoms with Crippen LogP contribution in [-0.2, 0) is 0 Å². The van der Waals surface area contributed by atoms with E-state index in [9.17, 15) is 0 Å². The Kier molecular flexibility index (Phi) is 2.12. The van der Waals surface area contributed by atoms with E-state index in [1.54, 1.807) is 6.42 Å². The van der Waals surface area contributed by atoms with E-state index in [2.05, 4.69) is 5.32 Å². The van der Waals surface area contributed by atoms with E-state index >= 15 is 0 Å². The molecule has 3 fully saturated rings. The summed E-state index contributed by atoms with van der Waals surface area (Å²) in [5.74, 6) is 0. The fourth-order valence-corrected chi connectivity index (χ4v) is 4.47. The van der Waals surface area contributed by atoms with Crippen molar-refractivity contribution in [2.75, 3.05) is 13.1 Å². The van der Waals surface area contributed by atoms with E-state index in [4.69, 9.17) is 0 Å². The summed E-state index contributed by atoms with van der Waals surface area (Å²) in [7, 11) is 0. The summed E-state index contributed by atoms with van der Waals surface area (Å²) in [6.45, 7) is 2.66. The van der Waals surface area contributed by atoms with Crippen molar-refractivity contribution < 1.29 is 0 Å². The zero-order valence-electron chi connectivity index (χ0n) is 9.28. The Balaban J connectivity index is 1.77. The molecular formula is C13H23N. The average molecular weight is 193 g/mol. The molecule has 80 valence electrons. The van der Waals surface area contributed by atoms with Gasteiger partial charge in [-0.15, -0.1) is 0 Å². The van der Waals surface area contributed by atoms with Gasteiger partial charge in [-0.3, -0.25) is 0 Å². The predicted octanol–water partition coefficient (Wildman–Crippen LogP) is 3.10. The Morgan fingerprint density at radius 1 is 0.643 bits per heavy atom. The predicted molar refractivity (Wildman–Crippen MR) is 59.3 cm³/mol. The topological polar surface area (TPSA) is 12.0 Å². The van der Waals surface area contributed by atoms with E-state index in [0.29, 0.717) is 0 Å². The van der Waals surface area contributed by atoms with Crippen LogP contribution in [0.5, 0.6) is 0 Å². The van der Waals surface area contributed by atoms with Crippen molar-refractivity contribution in [1.29, 1.82) is 0 Å². The SMILES string of the molecule is C1CCC2(C1)CNCC1(CCCC1)C2. The summed E-state index contributed by atoms with van der Waals surface area (Å²) < 4.78 is 0. The van der Waals surface area contributed by atoms with Crippen LogP contribution in [0.3, 0.4) is 0 Å². The summed E-state index contributed by atoms with van der Waals surface area (Å²) in [5.41, 5.74) is 1.48. The van der Waals surface area contributed by atoms with Crippen LogP contribution in [0.15, 0.2) is 0 Å². The molecule has 0 bridgehead atoms. The van der Waals surface area contributed by atoms with Gasteiger partial charge in [0.2, 0.25) is 0 Å². The van der Waals surface area contributed by atoms with Crippen molar-refractivity contribution in [3.05, 3.63) is 0 Å². The second kappa shape index (κ2) is 3.23. The molecule has 0 unspecified atom stereocenters. The van der Waals surface area contributed by atoms with Crippen molar-refractivity contribution in [2.45, 2.75) is 57.8 Å². The molecule has 0 aromatic heterocycles. The van der Waals surface area contributed by atoms with E-state index in [1.165, 1.54) is 64.5 Å². The highest BCUT2D eigenvalue weighted by Crippen LogP contribution is 2.53. The van der Waals surface area contributed by atoms with E-state index in [0.717, 1.165) is 10.8 Å². The molecule has 0 atom stereocenters. The van der Waals surface area contributed by atoms with Crippen molar-refractivity contribution in [3.8, 4) is 0 Å². The highest BCUT2D eigenvalue weighted by molar-refractivity contribution is 5.00. The lowest BCUT2D eigenvalue weighted by atomic mass is 9.66. The summed E-state index contributed by atoms with van der Waals surface area (Å²) >= 11 is 0. The maximum absolute atomic E-state index is 3.75. The summed E-state index contributed by atoms with van der Waals surface area (Å²) in [6.07, 6.45) is 13.6. The van der Waals surface area contributed by atoms with Gasteiger partial charge >= 0.3 is 0 Å². The van der Waals surface area contributed by atoms with Gasteiger partial charge in [0.1, 0.15) is 0 Å². The molecule has 1 nitrogen and oxygen atoms in total. The molecule has 0 aromatic rings. The van der Waals surface area contributed by atoms with Gasteiger partial charge in [0.15, 0.2) is 0 Å². The highest BCUT2D eigenvalue weighted by Gasteiger charge is 2.46. The monoisotopic (exact) mass is 193 g/mol. The molecule has 3 rings (SSSR count). The lowest BCUT2D eigenvalue weighted by Gasteiger charge is -2.45. The molecule has 1 saturated heterocycles. The number of hydrogen-bond donors (Lipinski definition) is 1. The van der Waals surface area contributed by atoms with Crippen molar-refractivity contribution >= 4 is 0 Å². The van der Waals surface area contributed by atoms with Crippen LogP contribution in [0.25, 0.3) is 0 Å². The van der Waals surface area contributed by atoms with E-state index in [1.807, 2.05) is 0 Å². The van der Waals surface area contributed by atoms with E-state index in [-0.39, 0.29) is 0 Å². The van der Waals surface area contributed by atoms with Gasteiger partial charge in [0.25, 0.3) is 0 Å². The third-order valence-electron chi connectivity index (χ3n) is 5.08. The van der Waals surface area contributed by atoms with E-state index < -0.39 is 0 Å². The normalized spacial score (nSPS) is 34.3. The highest BCUT2D eigenvalue weighted by atomic mass is 14.9. The molecule has 0 aromatic carbocycles. The van der Waals surface area contributed by atoms with Crippen LogP contribution < -0.4 is 5.32 Å². The van der Waals surface area contributed by atoms with Crippen molar-refractivity contribution in [1.82, 2.24) is 5.32 Å². The maximum Gasteiger partial charge on any atom is 0.000825 e. The van der Waals surface area contributed by atoms with Crippen LogP contribution in [0, 0.1) is 10.8 Å². The average Bonchev–Trinajstić information content (AvgIpc) is 2.77. The first-order valence-electron chi connectivity index (χ1n) is 6.54. The minimum atomic E-state index is 0.739. The Morgan fingerprint density at radius 2 is 1.07 bits per heavy atom. The van der Waals surface area contributed by atoms with Gasteiger partial charge in [-0.2, -0.15) is 0 Å². The summed E-state index contributed by atoms with van der Waals surface area (Å²) in [5, 5.41) is 3.75. The van der Waals surface area contributed by atoms with Gasteiger partial charge in [-0.05, 0) is 42.9 Å². The number of rotatable bonds is 0. The number of piperidine rings is 1. The minimum absolute atomic E-state index is 0.739. The molecule has 3 aliphatic rings. The molecule has 1 N–H and O–H groups in total. The lowest BCUT2D eigenvalue weighted by Crippen LogP contribution is -2.48. The molecule has 1 heteroatoms. The molecule has 0 amide bonds. The van der Waals surface area contributed by atoms with Gasteiger partial charge in [0.05, 0.1) is 0 Å². The second-order valence-corrected chi connectivity index (χ2v) is 6.19. The summed E-state index contributed by atoms with van der Waals surface area (Å²) in [4.78, 5) is 0. The Labute approximate surface area is 87.7 Å². The van der Waals surface area contributed by atoms with Crippen LogP contribution >= 0.6 is 0 Å². The molecule has 2 aliphatic carbocycles. The second-order valence-electron chi connectivity index (χ2n) is 6.19. The van der Waals surface area contributed by atoms with Crippen LogP contribution in [0.2, 0.25) is 0 Å². The number of nitrogens with one attached hydrogen (secondary N) is 1. The fraction of sp³-hybridized carbons (Fsp3) is 1.00. The smallest absolute Gasteiger partial charge is 0.000825 e.